The van der Waals surface area contributed by atoms with Crippen molar-refractivity contribution in [3.8, 4) is 17.1 Å². The van der Waals surface area contributed by atoms with E-state index in [2.05, 4.69) is 20.3 Å². The van der Waals surface area contributed by atoms with Gasteiger partial charge in [-0.05, 0) is 36.4 Å². The number of rotatable bonds is 5. The first kappa shape index (κ1) is 16.9. The lowest BCUT2D eigenvalue weighted by Crippen LogP contribution is -2.08. The van der Waals surface area contributed by atoms with Gasteiger partial charge in [0.2, 0.25) is 0 Å². The van der Waals surface area contributed by atoms with E-state index < -0.39 is 5.97 Å². The summed E-state index contributed by atoms with van der Waals surface area (Å²) in [5.74, 6) is -0.0118. The van der Waals surface area contributed by atoms with Crippen LogP contribution in [0.2, 0.25) is 0 Å². The number of esters is 1. The van der Waals surface area contributed by atoms with Gasteiger partial charge in [-0.1, -0.05) is 12.1 Å². The molecule has 3 aromatic heterocycles. The van der Waals surface area contributed by atoms with E-state index in [1.54, 1.807) is 36.7 Å². The van der Waals surface area contributed by atoms with E-state index in [0.29, 0.717) is 11.3 Å². The smallest absolute Gasteiger partial charge is 0.345 e. The minimum atomic E-state index is -0.452. The van der Waals surface area contributed by atoms with E-state index in [1.807, 2.05) is 35.7 Å². The van der Waals surface area contributed by atoms with Crippen LogP contribution >= 0.6 is 11.3 Å². The molecular formula is C20H14N4O2S. The Morgan fingerprint density at radius 1 is 1.00 bits per heavy atom. The molecule has 0 aliphatic heterocycles. The second kappa shape index (κ2) is 7.76. The van der Waals surface area contributed by atoms with Crippen LogP contribution in [0.5, 0.6) is 5.75 Å². The third-order valence-electron chi connectivity index (χ3n) is 3.62. The lowest BCUT2D eigenvalue weighted by molar-refractivity contribution is 0.0734. The Bertz CT molecular complexity index is 1050. The van der Waals surface area contributed by atoms with Crippen LogP contribution in [0.25, 0.3) is 11.4 Å². The quantitative estimate of drug-likeness (QED) is 0.407. The van der Waals surface area contributed by atoms with E-state index in [0.717, 1.165) is 22.2 Å². The average Bonchev–Trinajstić information content (AvgIpc) is 3.18. The van der Waals surface area contributed by atoms with Crippen molar-refractivity contribution in [3.63, 3.8) is 0 Å². The number of carbonyl (C=O) groups is 1. The molecule has 0 saturated heterocycles. The van der Waals surface area contributed by atoms with Crippen molar-refractivity contribution < 1.29 is 9.53 Å². The summed E-state index contributed by atoms with van der Waals surface area (Å²) >= 11 is 1.48. The van der Waals surface area contributed by atoms with Gasteiger partial charge in [0.1, 0.15) is 11.4 Å². The molecule has 0 unspecified atom stereocenters. The fourth-order valence-corrected chi connectivity index (χ4v) is 3.10. The van der Waals surface area contributed by atoms with Crippen molar-refractivity contribution in [3.05, 3.63) is 84.1 Å². The van der Waals surface area contributed by atoms with Gasteiger partial charge in [-0.2, -0.15) is 0 Å². The van der Waals surface area contributed by atoms with Crippen LogP contribution in [0, 0.1) is 0 Å². The number of hydrogen-bond donors (Lipinski definition) is 1. The minimum absolute atomic E-state index is 0.399. The minimum Gasteiger partial charge on any atom is -0.423 e. The number of carbonyl (C=O) groups excluding carboxylic acids is 1. The highest BCUT2D eigenvalue weighted by molar-refractivity contribution is 7.14. The van der Waals surface area contributed by atoms with E-state index in [9.17, 15) is 4.79 Å². The van der Waals surface area contributed by atoms with Gasteiger partial charge >= 0.3 is 5.97 Å². The molecular weight excluding hydrogens is 360 g/mol. The van der Waals surface area contributed by atoms with Crippen molar-refractivity contribution in [1.82, 2.24) is 15.0 Å². The molecule has 7 heteroatoms. The Labute approximate surface area is 159 Å². The summed E-state index contributed by atoms with van der Waals surface area (Å²) in [6.45, 7) is 0. The highest BCUT2D eigenvalue weighted by Crippen LogP contribution is 2.27. The summed E-state index contributed by atoms with van der Waals surface area (Å²) < 4.78 is 5.41. The average molecular weight is 374 g/mol. The van der Waals surface area contributed by atoms with E-state index in [1.165, 1.54) is 17.5 Å². The number of aromatic nitrogens is 3. The van der Waals surface area contributed by atoms with Gasteiger partial charge in [0.25, 0.3) is 0 Å². The Balaban J connectivity index is 1.47. The van der Waals surface area contributed by atoms with Crippen molar-refractivity contribution in [1.29, 1.82) is 0 Å². The van der Waals surface area contributed by atoms with Crippen molar-refractivity contribution in [2.75, 3.05) is 5.32 Å². The van der Waals surface area contributed by atoms with Gasteiger partial charge in [-0.3, -0.25) is 9.97 Å². The second-order valence-electron chi connectivity index (χ2n) is 5.54. The zero-order valence-corrected chi connectivity index (χ0v) is 14.9. The van der Waals surface area contributed by atoms with Crippen LogP contribution in [-0.4, -0.2) is 20.9 Å². The molecule has 0 amide bonds. The number of hydrogen-bond acceptors (Lipinski definition) is 7. The molecule has 0 fully saturated rings. The summed E-state index contributed by atoms with van der Waals surface area (Å²) in [6, 6.07) is 16.2. The predicted octanol–water partition coefficient (Wildman–Crippen LogP) is 4.56. The van der Waals surface area contributed by atoms with E-state index in [-0.39, 0.29) is 0 Å². The van der Waals surface area contributed by atoms with Crippen molar-refractivity contribution in [2.45, 2.75) is 0 Å². The molecule has 0 radical (unpaired) electrons. The molecule has 3 heterocycles. The Morgan fingerprint density at radius 2 is 1.96 bits per heavy atom. The largest absolute Gasteiger partial charge is 0.423 e. The summed E-state index contributed by atoms with van der Waals surface area (Å²) in [5.41, 5.74) is 2.80. The summed E-state index contributed by atoms with van der Waals surface area (Å²) in [6.07, 6.45) is 4.82. The normalized spacial score (nSPS) is 10.4. The van der Waals surface area contributed by atoms with Gasteiger partial charge in [0.15, 0.2) is 5.13 Å². The van der Waals surface area contributed by atoms with Crippen LogP contribution in [0.3, 0.4) is 0 Å². The van der Waals surface area contributed by atoms with Crippen LogP contribution in [-0.2, 0) is 0 Å². The molecule has 132 valence electrons. The van der Waals surface area contributed by atoms with Gasteiger partial charge < -0.3 is 10.1 Å². The molecule has 1 N–H and O–H groups in total. The maximum atomic E-state index is 12.1. The molecule has 0 aliphatic rings. The lowest BCUT2D eigenvalue weighted by atomic mass is 10.3. The third kappa shape index (κ3) is 4.16. The van der Waals surface area contributed by atoms with Gasteiger partial charge in [0, 0.05) is 35.7 Å². The number of thiazole rings is 1. The van der Waals surface area contributed by atoms with Crippen molar-refractivity contribution in [2.24, 2.45) is 0 Å². The molecule has 6 nitrogen and oxygen atoms in total. The lowest BCUT2D eigenvalue weighted by Gasteiger charge is -2.07. The van der Waals surface area contributed by atoms with Gasteiger partial charge in [0.05, 0.1) is 11.3 Å². The Morgan fingerprint density at radius 3 is 2.78 bits per heavy atom. The van der Waals surface area contributed by atoms with Crippen LogP contribution in [0.15, 0.2) is 78.6 Å². The van der Waals surface area contributed by atoms with Gasteiger partial charge in [-0.25, -0.2) is 9.78 Å². The summed E-state index contributed by atoms with van der Waals surface area (Å²) in [5, 5.41) is 5.89. The molecule has 4 rings (SSSR count). The SMILES string of the molecule is O=C(Oc1cccc(Nc2nc(-c3ccccn3)cs2)c1)c1cccnc1. The molecule has 0 atom stereocenters. The molecule has 0 spiro atoms. The number of nitrogens with one attached hydrogen (secondary N) is 1. The number of benzene rings is 1. The summed E-state index contributed by atoms with van der Waals surface area (Å²) in [7, 11) is 0. The second-order valence-corrected chi connectivity index (χ2v) is 6.40. The van der Waals surface area contributed by atoms with E-state index >= 15 is 0 Å². The number of pyridine rings is 2. The van der Waals surface area contributed by atoms with Crippen LogP contribution in [0.4, 0.5) is 10.8 Å². The Kier molecular flexibility index (Phi) is 4.84. The first-order valence-corrected chi connectivity index (χ1v) is 9.02. The molecule has 0 aliphatic carbocycles. The number of nitrogens with zero attached hydrogens (tertiary/aromatic N) is 3. The first-order valence-electron chi connectivity index (χ1n) is 8.14. The van der Waals surface area contributed by atoms with Crippen LogP contribution < -0.4 is 10.1 Å². The zero-order valence-electron chi connectivity index (χ0n) is 14.1. The molecule has 27 heavy (non-hydrogen) atoms. The Hall–Kier alpha value is -3.58. The fourth-order valence-electron chi connectivity index (χ4n) is 2.37. The molecule has 0 saturated carbocycles. The number of ether oxygens (including phenoxy) is 1. The topological polar surface area (TPSA) is 77.0 Å². The monoisotopic (exact) mass is 374 g/mol. The summed E-state index contributed by atoms with van der Waals surface area (Å²) in [4.78, 5) is 24.9. The zero-order chi connectivity index (χ0) is 18.5. The standard InChI is InChI=1S/C20H14N4O2S/c25-19(14-5-4-9-21-12-14)26-16-7-3-6-15(11-16)23-20-24-18(13-27-20)17-8-1-2-10-22-17/h1-13H,(H,23,24). The molecule has 4 aromatic rings. The highest BCUT2D eigenvalue weighted by Gasteiger charge is 2.10. The maximum Gasteiger partial charge on any atom is 0.345 e. The number of anilines is 2. The first-order chi connectivity index (χ1) is 13.3. The maximum absolute atomic E-state index is 12.1. The van der Waals surface area contributed by atoms with Crippen LogP contribution in [0.1, 0.15) is 10.4 Å². The van der Waals surface area contributed by atoms with E-state index in [4.69, 9.17) is 4.74 Å². The third-order valence-corrected chi connectivity index (χ3v) is 4.38. The highest BCUT2D eigenvalue weighted by atomic mass is 32.1. The van der Waals surface area contributed by atoms with Gasteiger partial charge in [-0.15, -0.1) is 11.3 Å². The molecule has 0 bridgehead atoms. The predicted molar refractivity (Wildman–Crippen MR) is 104 cm³/mol. The molecule has 1 aromatic carbocycles. The fraction of sp³-hybridized carbons (Fsp3) is 0. The van der Waals surface area contributed by atoms with Crippen molar-refractivity contribution >= 4 is 28.1 Å².